The van der Waals surface area contributed by atoms with E-state index in [0.29, 0.717) is 5.84 Å². The molecule has 0 amide bonds. The molecule has 1 aliphatic rings. The zero-order valence-electron chi connectivity index (χ0n) is 9.52. The van der Waals surface area contributed by atoms with E-state index in [1.807, 2.05) is 6.92 Å². The highest BCUT2D eigenvalue weighted by Crippen LogP contribution is 2.11. The van der Waals surface area contributed by atoms with E-state index in [1.165, 1.54) is 0 Å². The van der Waals surface area contributed by atoms with E-state index < -0.39 is 0 Å². The number of hydrogen-bond acceptors (Lipinski definition) is 4. The third-order valence-electron chi connectivity index (χ3n) is 2.77. The number of hydrogen-bond donors (Lipinski definition) is 2. The van der Waals surface area contributed by atoms with Crippen molar-refractivity contribution in [2.45, 2.75) is 38.8 Å². The van der Waals surface area contributed by atoms with Crippen LogP contribution in [0.25, 0.3) is 0 Å². The van der Waals surface area contributed by atoms with Gasteiger partial charge in [-0.1, -0.05) is 12.1 Å². The van der Waals surface area contributed by atoms with Gasteiger partial charge in [-0.05, 0) is 19.8 Å². The molecular weight excluding hydrogens is 194 g/mol. The molecule has 0 aromatic rings. The summed E-state index contributed by atoms with van der Waals surface area (Å²) in [4.78, 5) is 2.23. The summed E-state index contributed by atoms with van der Waals surface area (Å²) in [6.45, 7) is 6.68. The SMILES string of the molecule is CCC(C(N)=NO)N1CCCOC(C)C1. The van der Waals surface area contributed by atoms with Crippen molar-refractivity contribution in [1.29, 1.82) is 0 Å². The van der Waals surface area contributed by atoms with Crippen molar-refractivity contribution in [2.75, 3.05) is 19.7 Å². The van der Waals surface area contributed by atoms with Crippen molar-refractivity contribution in [3.8, 4) is 0 Å². The van der Waals surface area contributed by atoms with Gasteiger partial charge >= 0.3 is 0 Å². The second kappa shape index (κ2) is 5.92. The van der Waals surface area contributed by atoms with Crippen LogP contribution in [0.4, 0.5) is 0 Å². The third kappa shape index (κ3) is 3.35. The van der Waals surface area contributed by atoms with Gasteiger partial charge in [0.25, 0.3) is 0 Å². The topological polar surface area (TPSA) is 71.1 Å². The minimum atomic E-state index is 0.0270. The van der Waals surface area contributed by atoms with Crippen LogP contribution in [0.3, 0.4) is 0 Å². The quantitative estimate of drug-likeness (QED) is 0.313. The summed E-state index contributed by atoms with van der Waals surface area (Å²) in [7, 11) is 0. The molecule has 2 unspecified atom stereocenters. The van der Waals surface area contributed by atoms with Crippen molar-refractivity contribution in [2.24, 2.45) is 10.9 Å². The van der Waals surface area contributed by atoms with Crippen LogP contribution in [0.2, 0.25) is 0 Å². The zero-order valence-corrected chi connectivity index (χ0v) is 9.52. The number of nitrogens with zero attached hydrogens (tertiary/aromatic N) is 2. The number of ether oxygens (including phenoxy) is 1. The van der Waals surface area contributed by atoms with Gasteiger partial charge in [0.15, 0.2) is 5.84 Å². The minimum absolute atomic E-state index is 0.0270. The minimum Gasteiger partial charge on any atom is -0.409 e. The van der Waals surface area contributed by atoms with Gasteiger partial charge in [-0.3, -0.25) is 4.90 Å². The fourth-order valence-corrected chi connectivity index (χ4v) is 2.03. The van der Waals surface area contributed by atoms with Gasteiger partial charge in [0.1, 0.15) is 0 Å². The lowest BCUT2D eigenvalue weighted by Crippen LogP contribution is -2.46. The summed E-state index contributed by atoms with van der Waals surface area (Å²) in [6.07, 6.45) is 2.07. The molecule has 1 rings (SSSR count). The first-order chi connectivity index (χ1) is 7.19. The first-order valence-electron chi connectivity index (χ1n) is 5.52. The monoisotopic (exact) mass is 215 g/mol. The largest absolute Gasteiger partial charge is 0.409 e. The van der Waals surface area contributed by atoms with E-state index in [0.717, 1.165) is 32.5 Å². The van der Waals surface area contributed by atoms with Gasteiger partial charge in [-0.15, -0.1) is 0 Å². The maximum atomic E-state index is 8.71. The van der Waals surface area contributed by atoms with E-state index >= 15 is 0 Å². The molecule has 2 atom stereocenters. The maximum absolute atomic E-state index is 8.71. The molecule has 1 fully saturated rings. The Labute approximate surface area is 90.9 Å². The molecule has 3 N–H and O–H groups in total. The van der Waals surface area contributed by atoms with Crippen molar-refractivity contribution in [3.05, 3.63) is 0 Å². The molecule has 5 heteroatoms. The van der Waals surface area contributed by atoms with Crippen molar-refractivity contribution >= 4 is 5.84 Å². The predicted molar refractivity (Wildman–Crippen MR) is 59.1 cm³/mol. The number of nitrogens with two attached hydrogens (primary N) is 1. The summed E-state index contributed by atoms with van der Waals surface area (Å²) in [5.74, 6) is 0.298. The number of oxime groups is 1. The van der Waals surface area contributed by atoms with Crippen LogP contribution in [0.15, 0.2) is 5.16 Å². The predicted octanol–water partition coefficient (Wildman–Crippen LogP) is 0.622. The molecule has 0 aromatic carbocycles. The molecule has 0 bridgehead atoms. The smallest absolute Gasteiger partial charge is 0.156 e. The van der Waals surface area contributed by atoms with Crippen LogP contribution in [0.5, 0.6) is 0 Å². The van der Waals surface area contributed by atoms with E-state index in [1.54, 1.807) is 0 Å². The molecule has 1 heterocycles. The van der Waals surface area contributed by atoms with E-state index in [4.69, 9.17) is 15.7 Å². The molecule has 88 valence electrons. The summed E-state index contributed by atoms with van der Waals surface area (Å²) >= 11 is 0. The Balaban J connectivity index is 2.65. The molecule has 15 heavy (non-hydrogen) atoms. The van der Waals surface area contributed by atoms with Crippen LogP contribution in [0, 0.1) is 0 Å². The number of rotatable bonds is 3. The van der Waals surface area contributed by atoms with Crippen LogP contribution >= 0.6 is 0 Å². The highest BCUT2D eigenvalue weighted by Gasteiger charge is 2.24. The van der Waals surface area contributed by atoms with E-state index in [-0.39, 0.29) is 12.1 Å². The Bertz CT molecular complexity index is 221. The van der Waals surface area contributed by atoms with E-state index in [2.05, 4.69) is 17.0 Å². The van der Waals surface area contributed by atoms with Crippen LogP contribution in [0.1, 0.15) is 26.7 Å². The van der Waals surface area contributed by atoms with E-state index in [9.17, 15) is 0 Å². The Kier molecular flexibility index (Phi) is 4.84. The second-order valence-corrected chi connectivity index (χ2v) is 3.98. The van der Waals surface area contributed by atoms with Crippen molar-refractivity contribution in [3.63, 3.8) is 0 Å². The molecule has 0 saturated carbocycles. The van der Waals surface area contributed by atoms with Gasteiger partial charge < -0.3 is 15.7 Å². The normalized spacial score (nSPS) is 27.3. The molecule has 0 radical (unpaired) electrons. The lowest BCUT2D eigenvalue weighted by molar-refractivity contribution is 0.0646. The molecule has 0 spiro atoms. The molecule has 1 aliphatic heterocycles. The standard InChI is InChI=1S/C10H21N3O2/c1-3-9(10(11)12-14)13-5-4-6-15-8(2)7-13/h8-9,14H,3-7H2,1-2H3,(H2,11,12). The van der Waals surface area contributed by atoms with Gasteiger partial charge in [-0.2, -0.15) is 0 Å². The molecule has 5 nitrogen and oxygen atoms in total. The summed E-state index contributed by atoms with van der Waals surface area (Å²) < 4.78 is 5.56. The summed E-state index contributed by atoms with van der Waals surface area (Å²) in [5.41, 5.74) is 5.67. The van der Waals surface area contributed by atoms with Gasteiger partial charge in [-0.25, -0.2) is 0 Å². The summed E-state index contributed by atoms with van der Waals surface area (Å²) in [5, 5.41) is 11.8. The van der Waals surface area contributed by atoms with Crippen molar-refractivity contribution < 1.29 is 9.94 Å². The van der Waals surface area contributed by atoms with Crippen molar-refractivity contribution in [1.82, 2.24) is 4.90 Å². The lowest BCUT2D eigenvalue weighted by atomic mass is 10.1. The fourth-order valence-electron chi connectivity index (χ4n) is 2.03. The Morgan fingerprint density at radius 2 is 2.47 bits per heavy atom. The Morgan fingerprint density at radius 1 is 1.73 bits per heavy atom. The molecule has 0 aliphatic carbocycles. The van der Waals surface area contributed by atoms with Crippen LogP contribution in [-0.2, 0) is 4.74 Å². The van der Waals surface area contributed by atoms with Gasteiger partial charge in [0, 0.05) is 19.7 Å². The van der Waals surface area contributed by atoms with Gasteiger partial charge in [0.05, 0.1) is 12.1 Å². The highest BCUT2D eigenvalue weighted by atomic mass is 16.5. The van der Waals surface area contributed by atoms with Crippen LogP contribution in [-0.4, -0.2) is 47.8 Å². The average molecular weight is 215 g/mol. The Morgan fingerprint density at radius 3 is 3.07 bits per heavy atom. The lowest BCUT2D eigenvalue weighted by Gasteiger charge is -2.29. The first-order valence-corrected chi connectivity index (χ1v) is 5.52. The molecular formula is C10H21N3O2. The highest BCUT2D eigenvalue weighted by molar-refractivity contribution is 5.85. The van der Waals surface area contributed by atoms with Gasteiger partial charge in [0.2, 0.25) is 0 Å². The second-order valence-electron chi connectivity index (χ2n) is 3.98. The first kappa shape index (κ1) is 12.3. The fraction of sp³-hybridized carbons (Fsp3) is 0.900. The molecule has 0 aromatic heterocycles. The summed E-state index contributed by atoms with van der Waals surface area (Å²) in [6, 6.07) is 0.0270. The third-order valence-corrected chi connectivity index (χ3v) is 2.77. The van der Waals surface area contributed by atoms with Crippen LogP contribution < -0.4 is 5.73 Å². The average Bonchev–Trinajstić information content (AvgIpc) is 2.44. The number of amidine groups is 1. The maximum Gasteiger partial charge on any atom is 0.156 e. The Hall–Kier alpha value is -0.810. The zero-order chi connectivity index (χ0) is 11.3. The molecule has 1 saturated heterocycles.